The molecule has 11 heteroatoms. The van der Waals surface area contributed by atoms with Crippen LogP contribution in [0.3, 0.4) is 0 Å². The molecular formula is C24H32N6O5. The van der Waals surface area contributed by atoms with Gasteiger partial charge in [0.2, 0.25) is 0 Å². The number of fused-ring (bicyclic) bond motifs is 4. The topological polar surface area (TPSA) is 140 Å². The minimum Gasteiger partial charge on any atom is -0.489 e. The van der Waals surface area contributed by atoms with Gasteiger partial charge in [0.25, 0.3) is 5.91 Å². The van der Waals surface area contributed by atoms with Gasteiger partial charge in [-0.2, -0.15) is 0 Å². The Morgan fingerprint density at radius 1 is 1.31 bits per heavy atom. The molecule has 2 bridgehead atoms. The minimum absolute atomic E-state index is 0.0342. The zero-order valence-electron chi connectivity index (χ0n) is 20.2. The zero-order valence-corrected chi connectivity index (χ0v) is 20.2. The predicted molar refractivity (Wildman–Crippen MR) is 131 cm³/mol. The number of nitrogens with one attached hydrogen (secondary N) is 2. The Morgan fingerprint density at radius 2 is 2.11 bits per heavy atom. The van der Waals surface area contributed by atoms with Crippen molar-refractivity contribution in [2.75, 3.05) is 41.4 Å². The van der Waals surface area contributed by atoms with Crippen molar-refractivity contribution in [3.05, 3.63) is 35.7 Å². The van der Waals surface area contributed by atoms with Crippen LogP contribution in [0.2, 0.25) is 0 Å². The highest BCUT2D eigenvalue weighted by Gasteiger charge is 2.39. The van der Waals surface area contributed by atoms with Crippen molar-refractivity contribution in [3.63, 3.8) is 0 Å². The molecule has 3 amide bonds. The molecule has 4 heterocycles. The number of hydrogen-bond donors (Lipinski definition) is 4. The number of carbonyl (C=O) groups excluding carboxylic acids is 2. The Labute approximate surface area is 204 Å². The Balaban J connectivity index is 1.58. The lowest BCUT2D eigenvalue weighted by atomic mass is 9.98. The number of pyridine rings is 2. The molecule has 2 aromatic heterocycles. The third kappa shape index (κ3) is 5.46. The van der Waals surface area contributed by atoms with Gasteiger partial charge >= 0.3 is 6.03 Å². The molecule has 4 N–H and O–H groups in total. The van der Waals surface area contributed by atoms with Crippen LogP contribution in [-0.4, -0.2) is 76.6 Å². The molecule has 2 atom stereocenters. The van der Waals surface area contributed by atoms with E-state index in [-0.39, 0.29) is 36.3 Å². The van der Waals surface area contributed by atoms with E-state index in [1.54, 1.807) is 23.1 Å². The van der Waals surface area contributed by atoms with E-state index in [1.165, 1.54) is 6.20 Å². The number of urea groups is 1. The molecule has 188 valence electrons. The molecule has 0 saturated carbocycles. The van der Waals surface area contributed by atoms with E-state index in [9.17, 15) is 14.7 Å². The third-order valence-corrected chi connectivity index (χ3v) is 5.97. The number of ether oxygens (including phenoxy) is 1. The van der Waals surface area contributed by atoms with Gasteiger partial charge in [0, 0.05) is 19.1 Å². The number of aliphatic hydroxyl groups excluding tert-OH is 2. The van der Waals surface area contributed by atoms with Gasteiger partial charge < -0.3 is 25.2 Å². The van der Waals surface area contributed by atoms with E-state index in [4.69, 9.17) is 9.84 Å². The first-order chi connectivity index (χ1) is 16.8. The molecule has 1 fully saturated rings. The predicted octanol–water partition coefficient (Wildman–Crippen LogP) is 1.68. The van der Waals surface area contributed by atoms with Crippen molar-refractivity contribution >= 4 is 29.3 Å². The molecule has 4 rings (SSSR count). The lowest BCUT2D eigenvalue weighted by Crippen LogP contribution is -2.56. The van der Waals surface area contributed by atoms with Crippen LogP contribution in [0.25, 0.3) is 0 Å². The van der Waals surface area contributed by atoms with Crippen LogP contribution < -0.4 is 25.2 Å². The van der Waals surface area contributed by atoms with Gasteiger partial charge in [-0.1, -0.05) is 0 Å². The summed E-state index contributed by atoms with van der Waals surface area (Å²) in [6, 6.07) is 4.51. The lowest BCUT2D eigenvalue weighted by molar-refractivity contribution is 0.0535. The highest BCUT2D eigenvalue weighted by molar-refractivity contribution is 6.05. The minimum atomic E-state index is -0.980. The maximum atomic E-state index is 13.5. The fourth-order valence-corrected chi connectivity index (χ4v) is 4.42. The fourth-order valence-electron chi connectivity index (χ4n) is 4.42. The molecule has 0 spiro atoms. The second-order valence-corrected chi connectivity index (χ2v) is 9.19. The first-order valence-corrected chi connectivity index (χ1v) is 11.8. The number of aryl methyl sites for hydroxylation is 1. The van der Waals surface area contributed by atoms with Gasteiger partial charge in [0.05, 0.1) is 24.5 Å². The summed E-state index contributed by atoms with van der Waals surface area (Å²) in [5, 5.41) is 24.0. The van der Waals surface area contributed by atoms with Crippen molar-refractivity contribution in [2.45, 2.75) is 51.8 Å². The number of aromatic nitrogens is 2. The largest absolute Gasteiger partial charge is 0.489 e. The van der Waals surface area contributed by atoms with E-state index in [1.807, 2.05) is 20.8 Å². The quantitative estimate of drug-likeness (QED) is 0.465. The Kier molecular flexibility index (Phi) is 7.37. The molecular weight excluding hydrogens is 452 g/mol. The van der Waals surface area contributed by atoms with Crippen molar-refractivity contribution in [3.8, 4) is 5.75 Å². The summed E-state index contributed by atoms with van der Waals surface area (Å²) in [5.41, 5.74) is 2.04. The number of hydrogen-bond acceptors (Lipinski definition) is 8. The van der Waals surface area contributed by atoms with Gasteiger partial charge in [-0.3, -0.25) is 15.0 Å². The SMILES string of the molecule is Cc1cc(C(=O)NC(C)C)nc2c1N1CCC[C@@H](C1)N2C(=O)Nc1ccc(OC[C@@H](O)CO)cn1. The highest BCUT2D eigenvalue weighted by atomic mass is 16.5. The van der Waals surface area contributed by atoms with Crippen LogP contribution in [0.5, 0.6) is 5.75 Å². The summed E-state index contributed by atoms with van der Waals surface area (Å²) in [4.78, 5) is 38.9. The molecule has 2 aliphatic heterocycles. The van der Waals surface area contributed by atoms with E-state index >= 15 is 0 Å². The van der Waals surface area contributed by atoms with Crippen LogP contribution >= 0.6 is 0 Å². The molecule has 0 unspecified atom stereocenters. The summed E-state index contributed by atoms with van der Waals surface area (Å²) < 4.78 is 5.36. The number of carbonyl (C=O) groups is 2. The molecule has 0 radical (unpaired) electrons. The van der Waals surface area contributed by atoms with E-state index in [2.05, 4.69) is 25.5 Å². The van der Waals surface area contributed by atoms with Crippen molar-refractivity contribution < 1.29 is 24.5 Å². The number of anilines is 3. The van der Waals surface area contributed by atoms with Gasteiger partial charge in [-0.15, -0.1) is 0 Å². The molecule has 2 aliphatic rings. The monoisotopic (exact) mass is 484 g/mol. The second kappa shape index (κ2) is 10.4. The number of rotatable bonds is 7. The van der Waals surface area contributed by atoms with Crippen LogP contribution in [0.1, 0.15) is 42.7 Å². The molecule has 11 nitrogen and oxygen atoms in total. The van der Waals surface area contributed by atoms with Gasteiger partial charge in [-0.25, -0.2) is 14.8 Å². The van der Waals surface area contributed by atoms with Crippen molar-refractivity contribution in [2.24, 2.45) is 0 Å². The molecule has 35 heavy (non-hydrogen) atoms. The summed E-state index contributed by atoms with van der Waals surface area (Å²) in [6.07, 6.45) is 2.24. The Morgan fingerprint density at radius 3 is 2.80 bits per heavy atom. The standard InChI is InChI=1S/C24H32N6O5/c1-14(2)26-23(33)19-9-15(3)21-22(27-19)30(16-5-4-8-29(21)11-16)24(34)28-20-7-6-18(10-25-20)35-13-17(32)12-31/h6-7,9-10,14,16-17,31-32H,4-5,8,11-13H2,1-3H3,(H,26,33)(H,25,28,34)/t16-,17-/m0/s1. The summed E-state index contributed by atoms with van der Waals surface area (Å²) in [7, 11) is 0. The van der Waals surface area contributed by atoms with Gasteiger partial charge in [0.1, 0.15) is 30.0 Å². The van der Waals surface area contributed by atoms with Gasteiger partial charge in [-0.05, 0) is 57.4 Å². The number of piperidine rings is 1. The summed E-state index contributed by atoms with van der Waals surface area (Å²) in [5.74, 6) is 0.931. The zero-order chi connectivity index (χ0) is 25.1. The van der Waals surface area contributed by atoms with E-state index in [0.29, 0.717) is 23.9 Å². The second-order valence-electron chi connectivity index (χ2n) is 9.19. The normalized spacial score (nSPS) is 17.6. The van der Waals surface area contributed by atoms with Crippen LogP contribution in [0.15, 0.2) is 24.4 Å². The third-order valence-electron chi connectivity index (χ3n) is 5.97. The van der Waals surface area contributed by atoms with Crippen molar-refractivity contribution in [1.82, 2.24) is 15.3 Å². The molecule has 2 aromatic rings. The molecule has 0 aliphatic carbocycles. The molecule has 1 saturated heterocycles. The highest BCUT2D eigenvalue weighted by Crippen LogP contribution is 2.40. The fraction of sp³-hybridized carbons (Fsp3) is 0.500. The van der Waals surface area contributed by atoms with Crippen molar-refractivity contribution in [1.29, 1.82) is 0 Å². The average Bonchev–Trinajstić information content (AvgIpc) is 2.82. The lowest BCUT2D eigenvalue weighted by Gasteiger charge is -2.46. The van der Waals surface area contributed by atoms with Crippen LogP contribution in [-0.2, 0) is 0 Å². The maximum absolute atomic E-state index is 13.5. The first kappa shape index (κ1) is 24.7. The average molecular weight is 485 g/mol. The Bertz CT molecular complexity index is 1080. The Hall–Kier alpha value is -3.44. The number of nitrogens with zero attached hydrogens (tertiary/aromatic N) is 4. The summed E-state index contributed by atoms with van der Waals surface area (Å²) >= 11 is 0. The maximum Gasteiger partial charge on any atom is 0.329 e. The van der Waals surface area contributed by atoms with Crippen LogP contribution in [0.4, 0.5) is 22.1 Å². The first-order valence-electron chi connectivity index (χ1n) is 11.8. The number of amides is 3. The number of aliphatic hydroxyl groups is 2. The molecule has 0 aromatic carbocycles. The summed E-state index contributed by atoms with van der Waals surface area (Å²) in [6.45, 7) is 6.83. The van der Waals surface area contributed by atoms with E-state index < -0.39 is 12.7 Å². The van der Waals surface area contributed by atoms with Gasteiger partial charge in [0.15, 0.2) is 5.82 Å². The van der Waals surface area contributed by atoms with Crippen LogP contribution in [0, 0.1) is 6.92 Å². The smallest absolute Gasteiger partial charge is 0.329 e. The van der Waals surface area contributed by atoms with E-state index in [0.717, 1.165) is 30.6 Å².